The molecule has 96 valence electrons. The minimum atomic E-state index is -3.69. The van der Waals surface area contributed by atoms with Gasteiger partial charge in [-0.25, -0.2) is 16.8 Å². The van der Waals surface area contributed by atoms with Gasteiger partial charge in [0.25, 0.3) is 10.0 Å². The molecule has 0 unspecified atom stereocenters. The van der Waals surface area contributed by atoms with Gasteiger partial charge in [-0.05, 0) is 36.4 Å². The Bertz CT molecular complexity index is 838. The second kappa shape index (κ2) is 4.20. The average Bonchev–Trinajstić information content (AvgIpc) is 2.83. The van der Waals surface area contributed by atoms with Gasteiger partial charge in [-0.15, -0.1) is 0 Å². The van der Waals surface area contributed by atoms with E-state index in [1.807, 2.05) is 0 Å². The molecule has 3 aromatic rings. The Morgan fingerprint density at radius 2 is 1.68 bits per heavy atom. The van der Waals surface area contributed by atoms with E-state index in [1.54, 1.807) is 30.3 Å². The van der Waals surface area contributed by atoms with Crippen molar-refractivity contribution in [2.24, 2.45) is 0 Å². The van der Waals surface area contributed by atoms with Crippen LogP contribution in [0, 0.1) is 5.82 Å². The summed E-state index contributed by atoms with van der Waals surface area (Å²) in [6.07, 6.45) is 1.44. The standard InChI is InChI=1S/C14H10FNO2S/c15-12-7-6-11-8-9-16(14(11)10-12)19(17,18)13-4-2-1-3-5-13/h1-10H. The van der Waals surface area contributed by atoms with Gasteiger partial charge in [0.1, 0.15) is 5.82 Å². The Morgan fingerprint density at radius 3 is 2.42 bits per heavy atom. The highest BCUT2D eigenvalue weighted by Crippen LogP contribution is 2.22. The van der Waals surface area contributed by atoms with Gasteiger partial charge in [-0.3, -0.25) is 0 Å². The summed E-state index contributed by atoms with van der Waals surface area (Å²) in [5, 5.41) is 0.681. The first kappa shape index (κ1) is 11.9. The van der Waals surface area contributed by atoms with E-state index in [4.69, 9.17) is 0 Å². The maximum Gasteiger partial charge on any atom is 0.268 e. The Morgan fingerprint density at radius 1 is 0.947 bits per heavy atom. The van der Waals surface area contributed by atoms with Crippen LogP contribution in [0.4, 0.5) is 4.39 Å². The third-order valence-corrected chi connectivity index (χ3v) is 4.62. The van der Waals surface area contributed by atoms with Crippen molar-refractivity contribution in [3.8, 4) is 0 Å². The van der Waals surface area contributed by atoms with Gasteiger partial charge in [0.05, 0.1) is 10.4 Å². The molecular formula is C14H10FNO2S. The maximum atomic E-state index is 13.3. The number of fused-ring (bicyclic) bond motifs is 1. The topological polar surface area (TPSA) is 39.1 Å². The van der Waals surface area contributed by atoms with Gasteiger partial charge in [-0.2, -0.15) is 0 Å². The molecule has 3 nitrogen and oxygen atoms in total. The van der Waals surface area contributed by atoms with E-state index in [9.17, 15) is 12.8 Å². The third-order valence-electron chi connectivity index (χ3n) is 2.92. The summed E-state index contributed by atoms with van der Waals surface area (Å²) in [6.45, 7) is 0. The second-order valence-electron chi connectivity index (χ2n) is 4.13. The molecule has 2 aromatic carbocycles. The third kappa shape index (κ3) is 1.92. The first-order valence-corrected chi connectivity index (χ1v) is 7.10. The highest BCUT2D eigenvalue weighted by molar-refractivity contribution is 7.90. The molecule has 3 rings (SSSR count). The number of rotatable bonds is 2. The lowest BCUT2D eigenvalue weighted by molar-refractivity contribution is 0.589. The zero-order valence-electron chi connectivity index (χ0n) is 9.82. The highest BCUT2D eigenvalue weighted by atomic mass is 32.2. The normalized spacial score (nSPS) is 11.8. The molecular weight excluding hydrogens is 265 g/mol. The van der Waals surface area contributed by atoms with Crippen LogP contribution in [0.5, 0.6) is 0 Å². The van der Waals surface area contributed by atoms with Crippen LogP contribution in [0.1, 0.15) is 0 Å². The molecule has 0 N–H and O–H groups in total. The lowest BCUT2D eigenvalue weighted by Crippen LogP contribution is -2.11. The lowest BCUT2D eigenvalue weighted by Gasteiger charge is -2.07. The zero-order chi connectivity index (χ0) is 13.5. The molecule has 1 aromatic heterocycles. The van der Waals surface area contributed by atoms with Crippen molar-refractivity contribution in [2.45, 2.75) is 4.90 Å². The second-order valence-corrected chi connectivity index (χ2v) is 5.95. The molecule has 0 atom stereocenters. The minimum absolute atomic E-state index is 0.178. The van der Waals surface area contributed by atoms with Crippen LogP contribution < -0.4 is 0 Å². The molecule has 0 aliphatic carbocycles. The van der Waals surface area contributed by atoms with Gasteiger partial charge in [-0.1, -0.05) is 18.2 Å². The number of aromatic nitrogens is 1. The van der Waals surface area contributed by atoms with Gasteiger partial charge < -0.3 is 0 Å². The molecule has 0 bridgehead atoms. The van der Waals surface area contributed by atoms with E-state index < -0.39 is 15.8 Å². The molecule has 0 saturated carbocycles. The molecule has 0 aliphatic heterocycles. The molecule has 0 fully saturated rings. The maximum absolute atomic E-state index is 13.3. The molecule has 1 heterocycles. The zero-order valence-corrected chi connectivity index (χ0v) is 10.6. The molecule has 19 heavy (non-hydrogen) atoms. The Hall–Kier alpha value is -2.14. The summed E-state index contributed by atoms with van der Waals surface area (Å²) in [5.74, 6) is -0.462. The SMILES string of the molecule is O=S(=O)(c1ccccc1)n1ccc2ccc(F)cc21. The Labute approximate surface area is 110 Å². The molecule has 0 saturated heterocycles. The van der Waals surface area contributed by atoms with Crippen molar-refractivity contribution in [2.75, 3.05) is 0 Å². The summed E-state index contributed by atoms with van der Waals surface area (Å²) in [5.41, 5.74) is 0.337. The molecule has 5 heteroatoms. The Balaban J connectivity index is 2.28. The van der Waals surface area contributed by atoms with Crippen molar-refractivity contribution in [1.82, 2.24) is 3.97 Å². The van der Waals surface area contributed by atoms with Crippen molar-refractivity contribution >= 4 is 20.9 Å². The number of hydrogen-bond acceptors (Lipinski definition) is 2. The number of nitrogens with zero attached hydrogens (tertiary/aromatic N) is 1. The van der Waals surface area contributed by atoms with E-state index in [2.05, 4.69) is 0 Å². The molecule has 0 aliphatic rings. The minimum Gasteiger partial charge on any atom is -0.241 e. The van der Waals surface area contributed by atoms with E-state index in [-0.39, 0.29) is 4.90 Å². The van der Waals surface area contributed by atoms with E-state index in [0.29, 0.717) is 10.9 Å². The first-order valence-electron chi connectivity index (χ1n) is 5.66. The first-order chi connectivity index (χ1) is 9.09. The quantitative estimate of drug-likeness (QED) is 0.721. The van der Waals surface area contributed by atoms with Crippen LogP contribution >= 0.6 is 0 Å². The molecule has 0 amide bonds. The summed E-state index contributed by atoms with van der Waals surface area (Å²) < 4.78 is 39.3. The van der Waals surface area contributed by atoms with Gasteiger partial charge in [0, 0.05) is 11.6 Å². The lowest BCUT2D eigenvalue weighted by atomic mass is 10.2. The largest absolute Gasteiger partial charge is 0.268 e. The molecule has 0 radical (unpaired) electrons. The van der Waals surface area contributed by atoms with Crippen LogP contribution in [0.2, 0.25) is 0 Å². The predicted molar refractivity (Wildman–Crippen MR) is 70.9 cm³/mol. The van der Waals surface area contributed by atoms with E-state index >= 15 is 0 Å². The Kier molecular flexibility index (Phi) is 2.64. The monoisotopic (exact) mass is 275 g/mol. The average molecular weight is 275 g/mol. The van der Waals surface area contributed by atoms with Gasteiger partial charge in [0.2, 0.25) is 0 Å². The summed E-state index contributed by atoms with van der Waals surface area (Å²) >= 11 is 0. The number of hydrogen-bond donors (Lipinski definition) is 0. The number of halogens is 1. The van der Waals surface area contributed by atoms with Crippen LogP contribution in [0.15, 0.2) is 65.7 Å². The summed E-state index contributed by atoms with van der Waals surface area (Å²) in [4.78, 5) is 0.178. The van der Waals surface area contributed by atoms with Crippen molar-refractivity contribution in [3.05, 3.63) is 66.6 Å². The summed E-state index contributed by atoms with van der Waals surface area (Å²) in [7, 11) is -3.69. The van der Waals surface area contributed by atoms with E-state index in [0.717, 1.165) is 3.97 Å². The number of benzene rings is 2. The van der Waals surface area contributed by atoms with Gasteiger partial charge in [0.15, 0.2) is 0 Å². The van der Waals surface area contributed by atoms with Gasteiger partial charge >= 0.3 is 0 Å². The van der Waals surface area contributed by atoms with Crippen molar-refractivity contribution in [3.63, 3.8) is 0 Å². The smallest absolute Gasteiger partial charge is 0.241 e. The van der Waals surface area contributed by atoms with Crippen LogP contribution in [0.3, 0.4) is 0 Å². The van der Waals surface area contributed by atoms with E-state index in [1.165, 1.54) is 30.5 Å². The van der Waals surface area contributed by atoms with Crippen molar-refractivity contribution < 1.29 is 12.8 Å². The fourth-order valence-corrected chi connectivity index (χ4v) is 3.36. The van der Waals surface area contributed by atoms with Crippen LogP contribution in [-0.4, -0.2) is 12.4 Å². The highest BCUT2D eigenvalue weighted by Gasteiger charge is 2.18. The fraction of sp³-hybridized carbons (Fsp3) is 0. The fourth-order valence-electron chi connectivity index (χ4n) is 1.99. The van der Waals surface area contributed by atoms with Crippen LogP contribution in [-0.2, 0) is 10.0 Å². The van der Waals surface area contributed by atoms with Crippen molar-refractivity contribution in [1.29, 1.82) is 0 Å². The summed E-state index contributed by atoms with van der Waals surface area (Å²) in [6, 6.07) is 13.8. The van der Waals surface area contributed by atoms with Crippen LogP contribution in [0.25, 0.3) is 10.9 Å². The predicted octanol–water partition coefficient (Wildman–Crippen LogP) is 3.02. The molecule has 0 spiro atoms.